The number of carbonyl (C=O) groups is 2. The fourth-order valence-corrected chi connectivity index (χ4v) is 3.58. The van der Waals surface area contributed by atoms with Crippen LogP contribution < -0.4 is 10.1 Å². The molecule has 32 heavy (non-hydrogen) atoms. The highest BCUT2D eigenvalue weighted by Crippen LogP contribution is 2.26. The summed E-state index contributed by atoms with van der Waals surface area (Å²) in [7, 11) is -1.79. The van der Waals surface area contributed by atoms with E-state index in [2.05, 4.69) is 10.4 Å². The summed E-state index contributed by atoms with van der Waals surface area (Å²) >= 11 is 0. The first kappa shape index (κ1) is 23.0. The van der Waals surface area contributed by atoms with E-state index in [1.54, 1.807) is 44.4 Å². The second-order valence-corrected chi connectivity index (χ2v) is 8.82. The number of nitrogens with zero attached hydrogens (tertiary/aromatic N) is 2. The minimum absolute atomic E-state index is 0.0901. The van der Waals surface area contributed by atoms with E-state index in [9.17, 15) is 18.0 Å². The first-order chi connectivity index (χ1) is 15.2. The maximum atomic E-state index is 12.6. The summed E-state index contributed by atoms with van der Waals surface area (Å²) in [6.45, 7) is 1.62. The van der Waals surface area contributed by atoms with Gasteiger partial charge >= 0.3 is 5.97 Å². The normalized spacial score (nSPS) is 11.1. The van der Waals surface area contributed by atoms with Crippen LogP contribution in [0.5, 0.6) is 5.75 Å². The van der Waals surface area contributed by atoms with Gasteiger partial charge in [-0.25, -0.2) is 13.1 Å². The lowest BCUT2D eigenvalue weighted by Gasteiger charge is -2.09. The van der Waals surface area contributed by atoms with Crippen LogP contribution in [-0.4, -0.2) is 56.6 Å². The summed E-state index contributed by atoms with van der Waals surface area (Å²) in [5.41, 5.74) is 2.01. The number of amides is 1. The number of benzene rings is 2. The molecule has 0 spiro atoms. The van der Waals surface area contributed by atoms with Crippen LogP contribution in [0.1, 0.15) is 17.4 Å². The third-order valence-electron chi connectivity index (χ3n) is 4.54. The first-order valence-electron chi connectivity index (χ1n) is 9.71. The second-order valence-electron chi connectivity index (χ2n) is 6.81. The smallest absolute Gasteiger partial charge is 0.325 e. The number of esters is 1. The summed E-state index contributed by atoms with van der Waals surface area (Å²) in [6.07, 6.45) is 1.13. The van der Waals surface area contributed by atoms with Crippen molar-refractivity contribution in [2.75, 3.05) is 26.5 Å². The van der Waals surface area contributed by atoms with Crippen LogP contribution in [0.3, 0.4) is 0 Å². The lowest BCUT2D eigenvalue weighted by atomic mass is 10.1. The molecule has 0 bridgehead atoms. The highest BCUT2D eigenvalue weighted by molar-refractivity contribution is 7.90. The Labute approximate surface area is 185 Å². The van der Waals surface area contributed by atoms with E-state index < -0.39 is 21.7 Å². The third kappa shape index (κ3) is 5.33. The van der Waals surface area contributed by atoms with E-state index >= 15 is 0 Å². The molecule has 0 aliphatic carbocycles. The molecule has 1 N–H and O–H groups in total. The topological polar surface area (TPSA) is 117 Å². The maximum Gasteiger partial charge on any atom is 0.325 e. The van der Waals surface area contributed by atoms with Gasteiger partial charge in [0.1, 0.15) is 12.3 Å². The molecule has 0 aliphatic heterocycles. The van der Waals surface area contributed by atoms with Crippen molar-refractivity contribution in [1.82, 2.24) is 15.1 Å². The summed E-state index contributed by atoms with van der Waals surface area (Å²) < 4.78 is 35.1. The zero-order chi connectivity index (χ0) is 23.3. The molecule has 0 radical (unpaired) electrons. The molecule has 0 atom stereocenters. The predicted molar refractivity (Wildman–Crippen MR) is 118 cm³/mol. The first-order valence-corrected chi connectivity index (χ1v) is 11.6. The summed E-state index contributed by atoms with van der Waals surface area (Å²) in [6, 6.07) is 14.9. The highest BCUT2D eigenvalue weighted by Gasteiger charge is 2.18. The summed E-state index contributed by atoms with van der Waals surface area (Å²) in [5.74, 6) is -0.420. The van der Waals surface area contributed by atoms with Gasteiger partial charge in [-0.3, -0.25) is 9.59 Å². The number of rotatable bonds is 8. The van der Waals surface area contributed by atoms with Crippen LogP contribution in [-0.2, 0) is 19.4 Å². The zero-order valence-corrected chi connectivity index (χ0v) is 18.7. The van der Waals surface area contributed by atoms with Gasteiger partial charge in [0.2, 0.25) is 0 Å². The summed E-state index contributed by atoms with van der Waals surface area (Å²) in [5, 5.41) is 6.87. The molecule has 1 heterocycles. The van der Waals surface area contributed by atoms with Crippen LogP contribution in [0, 0.1) is 0 Å². The highest BCUT2D eigenvalue weighted by atomic mass is 32.2. The van der Waals surface area contributed by atoms with Crippen LogP contribution in [0.4, 0.5) is 0 Å². The van der Waals surface area contributed by atoms with Gasteiger partial charge in [0.05, 0.1) is 30.0 Å². The molecule has 3 rings (SSSR count). The quantitative estimate of drug-likeness (QED) is 0.516. The second kappa shape index (κ2) is 9.65. The van der Waals surface area contributed by atoms with Crippen molar-refractivity contribution in [2.45, 2.75) is 11.8 Å². The lowest BCUT2D eigenvalue weighted by Crippen LogP contribution is -2.31. The van der Waals surface area contributed by atoms with E-state index in [4.69, 9.17) is 9.47 Å². The molecule has 0 aliphatic rings. The fraction of sp³-hybridized carbons (Fsp3) is 0.227. The minimum Gasteiger partial charge on any atom is -0.497 e. The molecule has 168 valence electrons. The maximum absolute atomic E-state index is 12.6. The molecule has 1 aromatic heterocycles. The van der Waals surface area contributed by atoms with E-state index in [1.165, 1.54) is 16.8 Å². The molecule has 10 heteroatoms. The number of carbonyl (C=O) groups excluding carboxylic acids is 2. The van der Waals surface area contributed by atoms with E-state index in [1.807, 2.05) is 12.1 Å². The van der Waals surface area contributed by atoms with Gasteiger partial charge in [-0.15, -0.1) is 0 Å². The third-order valence-corrected chi connectivity index (χ3v) is 5.66. The molecule has 0 unspecified atom stereocenters. The largest absolute Gasteiger partial charge is 0.497 e. The van der Waals surface area contributed by atoms with Crippen molar-refractivity contribution in [3.63, 3.8) is 0 Å². The molecule has 2 aromatic carbocycles. The molecular weight excluding hydrogens is 434 g/mol. The zero-order valence-electron chi connectivity index (χ0n) is 17.9. The van der Waals surface area contributed by atoms with Gasteiger partial charge in [-0.1, -0.05) is 0 Å². The van der Waals surface area contributed by atoms with E-state index in [0.717, 1.165) is 11.8 Å². The number of hydrogen-bond donors (Lipinski definition) is 1. The Balaban J connectivity index is 1.99. The number of ether oxygens (including phenoxy) is 2. The van der Waals surface area contributed by atoms with Crippen molar-refractivity contribution < 1.29 is 27.5 Å². The standard InChI is InChI=1S/C22H23N3O6S/c1-4-31-21(26)14-23-22(27)19-13-20(15-5-9-17(30-2)10-6-15)25(24-19)16-7-11-18(12-8-16)32(3,28)29/h5-13H,4,14H2,1-3H3,(H,23,27). The average molecular weight is 458 g/mol. The molecule has 9 nitrogen and oxygen atoms in total. The Morgan fingerprint density at radius 3 is 2.28 bits per heavy atom. The fourth-order valence-electron chi connectivity index (χ4n) is 2.95. The van der Waals surface area contributed by atoms with E-state index in [0.29, 0.717) is 17.1 Å². The Morgan fingerprint density at radius 1 is 1.06 bits per heavy atom. The van der Waals surface area contributed by atoms with Gasteiger partial charge < -0.3 is 14.8 Å². The molecule has 1 amide bonds. The molecule has 0 saturated heterocycles. The van der Waals surface area contributed by atoms with E-state index in [-0.39, 0.29) is 23.7 Å². The van der Waals surface area contributed by atoms with Gasteiger partial charge in [-0.2, -0.15) is 5.10 Å². The van der Waals surface area contributed by atoms with Crippen molar-refractivity contribution in [1.29, 1.82) is 0 Å². The Morgan fingerprint density at radius 2 is 1.72 bits per heavy atom. The van der Waals surface area contributed by atoms with Gasteiger partial charge in [0.25, 0.3) is 5.91 Å². The Hall–Kier alpha value is -3.66. The van der Waals surface area contributed by atoms with Crippen molar-refractivity contribution in [3.8, 4) is 22.7 Å². The number of aromatic nitrogens is 2. The van der Waals surface area contributed by atoms with Crippen LogP contribution in [0.2, 0.25) is 0 Å². The monoisotopic (exact) mass is 457 g/mol. The number of methoxy groups -OCH3 is 1. The number of hydrogen-bond acceptors (Lipinski definition) is 7. The Bertz CT molecular complexity index is 1220. The number of nitrogens with one attached hydrogen (secondary N) is 1. The Kier molecular flexibility index (Phi) is 6.94. The average Bonchev–Trinajstić information content (AvgIpc) is 3.23. The molecular formula is C22H23N3O6S. The van der Waals surface area contributed by atoms with Gasteiger partial charge in [0.15, 0.2) is 15.5 Å². The van der Waals surface area contributed by atoms with Crippen molar-refractivity contribution in [3.05, 3.63) is 60.3 Å². The van der Waals surface area contributed by atoms with Crippen molar-refractivity contribution in [2.24, 2.45) is 0 Å². The SMILES string of the molecule is CCOC(=O)CNC(=O)c1cc(-c2ccc(OC)cc2)n(-c2ccc(S(C)(=O)=O)cc2)n1. The van der Waals surface area contributed by atoms with Crippen LogP contribution in [0.25, 0.3) is 16.9 Å². The van der Waals surface area contributed by atoms with Crippen LogP contribution >= 0.6 is 0 Å². The van der Waals surface area contributed by atoms with Crippen LogP contribution in [0.15, 0.2) is 59.5 Å². The molecule has 0 fully saturated rings. The predicted octanol–water partition coefficient (Wildman–Crippen LogP) is 2.24. The van der Waals surface area contributed by atoms with Gasteiger partial charge in [-0.05, 0) is 61.5 Å². The minimum atomic E-state index is -3.35. The summed E-state index contributed by atoms with van der Waals surface area (Å²) in [4.78, 5) is 24.3. The number of sulfone groups is 1. The molecule has 3 aromatic rings. The molecule has 0 saturated carbocycles. The van der Waals surface area contributed by atoms with Gasteiger partial charge in [0, 0.05) is 11.8 Å². The van der Waals surface area contributed by atoms with Crippen molar-refractivity contribution >= 4 is 21.7 Å². The lowest BCUT2D eigenvalue weighted by molar-refractivity contribution is -0.141.